The molecule has 2 unspecified atom stereocenters. The molecule has 0 aliphatic carbocycles. The Hall–Kier alpha value is -2.09. The van der Waals surface area contributed by atoms with Crippen LogP contribution in [0.4, 0.5) is 4.79 Å². The fourth-order valence-corrected chi connectivity index (χ4v) is 5.39. The Labute approximate surface area is 229 Å². The van der Waals surface area contributed by atoms with Crippen LogP contribution in [-0.4, -0.2) is 107 Å². The number of benzene rings is 1. The molecule has 0 spiro atoms. The number of amides is 3. The van der Waals surface area contributed by atoms with E-state index < -0.39 is 0 Å². The minimum atomic E-state index is -0.189. The van der Waals surface area contributed by atoms with Crippen LogP contribution >= 0.6 is 11.8 Å². The van der Waals surface area contributed by atoms with E-state index in [0.29, 0.717) is 78.9 Å². The summed E-state index contributed by atoms with van der Waals surface area (Å²) in [5.74, 6) is 1.36. The number of rotatable bonds is 17. The Morgan fingerprint density at radius 3 is 2.42 bits per heavy atom. The molecule has 4 N–H and O–H groups in total. The van der Waals surface area contributed by atoms with E-state index in [2.05, 4.69) is 17.6 Å². The third kappa shape index (κ3) is 9.90. The molecule has 0 bridgehead atoms. The Balaban J connectivity index is 1.45. The van der Waals surface area contributed by atoms with Crippen LogP contribution in [0.15, 0.2) is 18.2 Å². The molecule has 2 heterocycles. The molecule has 0 aromatic heterocycles. The summed E-state index contributed by atoms with van der Waals surface area (Å²) in [6.07, 6.45) is 0.685. The molecular weight excluding hydrogens is 512 g/mol. The van der Waals surface area contributed by atoms with Crippen molar-refractivity contribution in [3.63, 3.8) is 0 Å². The predicted molar refractivity (Wildman–Crippen MR) is 145 cm³/mol. The van der Waals surface area contributed by atoms with Gasteiger partial charge in [-0.15, -0.1) is 11.8 Å². The molecule has 1 aromatic carbocycles. The molecule has 3 atom stereocenters. The number of ether oxygens (including phenoxy) is 5. The van der Waals surface area contributed by atoms with E-state index in [4.69, 9.17) is 29.4 Å². The summed E-state index contributed by atoms with van der Waals surface area (Å²) in [5.41, 5.74) is 7.64. The van der Waals surface area contributed by atoms with E-state index in [0.717, 1.165) is 16.9 Å². The van der Waals surface area contributed by atoms with Gasteiger partial charge < -0.3 is 45.0 Å². The number of thioether (sulfide) groups is 1. The van der Waals surface area contributed by atoms with Gasteiger partial charge in [0.25, 0.3) is 0 Å². The normalized spacial score (nSPS) is 21.0. The predicted octanol–water partition coefficient (Wildman–Crippen LogP) is 0.982. The second-order valence-electron chi connectivity index (χ2n) is 9.28. The van der Waals surface area contributed by atoms with Gasteiger partial charge in [-0.3, -0.25) is 4.79 Å². The minimum absolute atomic E-state index is 0.0360. The van der Waals surface area contributed by atoms with Crippen molar-refractivity contribution in [3.05, 3.63) is 29.3 Å². The van der Waals surface area contributed by atoms with Crippen LogP contribution < -0.4 is 21.1 Å². The number of carbonyl (C=O) groups is 2. The lowest BCUT2D eigenvalue weighted by Crippen LogP contribution is -2.53. The SMILES string of the molecule is COc1ccc2c(c1)C[C@H](COCCOCCOCCOCCN)N(C(=O)CSC1NC(=O)NCC1C)C2. The van der Waals surface area contributed by atoms with Gasteiger partial charge in [0.15, 0.2) is 0 Å². The second-order valence-corrected chi connectivity index (χ2v) is 10.4. The highest BCUT2D eigenvalue weighted by Crippen LogP contribution is 2.28. The molecule has 0 saturated carbocycles. The maximum absolute atomic E-state index is 13.3. The quantitative estimate of drug-likeness (QED) is 0.241. The lowest BCUT2D eigenvalue weighted by atomic mass is 9.94. The maximum atomic E-state index is 13.3. The summed E-state index contributed by atoms with van der Waals surface area (Å²) >= 11 is 1.48. The molecule has 3 rings (SSSR count). The lowest BCUT2D eigenvalue weighted by molar-refractivity contribution is -0.133. The van der Waals surface area contributed by atoms with Crippen molar-refractivity contribution in [2.75, 3.05) is 78.8 Å². The first kappa shape index (κ1) is 30.5. The first-order valence-corrected chi connectivity index (χ1v) is 14.2. The molecule has 0 radical (unpaired) electrons. The number of hydrogen-bond donors (Lipinski definition) is 3. The van der Waals surface area contributed by atoms with Crippen molar-refractivity contribution in [1.82, 2.24) is 15.5 Å². The van der Waals surface area contributed by atoms with Crippen molar-refractivity contribution in [2.45, 2.75) is 31.3 Å². The van der Waals surface area contributed by atoms with Crippen molar-refractivity contribution < 1.29 is 33.3 Å². The number of carbonyl (C=O) groups excluding carboxylic acids is 2. The fourth-order valence-electron chi connectivity index (χ4n) is 4.29. The average molecular weight is 555 g/mol. The van der Waals surface area contributed by atoms with Gasteiger partial charge in [-0.2, -0.15) is 0 Å². The summed E-state index contributed by atoms with van der Waals surface area (Å²) in [7, 11) is 1.65. The Kier molecular flexibility index (Phi) is 13.4. The lowest BCUT2D eigenvalue weighted by Gasteiger charge is -2.37. The van der Waals surface area contributed by atoms with Gasteiger partial charge in [-0.1, -0.05) is 13.0 Å². The van der Waals surface area contributed by atoms with Gasteiger partial charge in [-0.25, -0.2) is 4.79 Å². The van der Waals surface area contributed by atoms with Gasteiger partial charge in [0.1, 0.15) is 5.75 Å². The van der Waals surface area contributed by atoms with Gasteiger partial charge in [0.05, 0.1) is 77.1 Å². The van der Waals surface area contributed by atoms with Crippen LogP contribution in [0.2, 0.25) is 0 Å². The molecular formula is C26H42N4O7S. The smallest absolute Gasteiger partial charge is 0.315 e. The number of hydrogen-bond acceptors (Lipinski definition) is 9. The molecule has 12 heteroatoms. The topological polar surface area (TPSA) is 134 Å². The van der Waals surface area contributed by atoms with Crippen LogP contribution in [0.25, 0.3) is 0 Å². The van der Waals surface area contributed by atoms with Crippen molar-refractivity contribution in [2.24, 2.45) is 11.7 Å². The minimum Gasteiger partial charge on any atom is -0.497 e. The van der Waals surface area contributed by atoms with Crippen LogP contribution in [0.1, 0.15) is 18.1 Å². The highest BCUT2D eigenvalue weighted by Gasteiger charge is 2.32. The van der Waals surface area contributed by atoms with E-state index in [1.165, 1.54) is 11.8 Å². The fraction of sp³-hybridized carbons (Fsp3) is 0.692. The molecule has 214 valence electrons. The Morgan fingerprint density at radius 1 is 1.05 bits per heavy atom. The van der Waals surface area contributed by atoms with Gasteiger partial charge >= 0.3 is 6.03 Å². The molecule has 1 saturated heterocycles. The van der Waals surface area contributed by atoms with Crippen LogP contribution in [-0.2, 0) is 36.7 Å². The summed E-state index contributed by atoms with van der Waals surface area (Å²) in [4.78, 5) is 27.0. The van der Waals surface area contributed by atoms with Crippen molar-refractivity contribution in [3.8, 4) is 5.75 Å². The zero-order valence-electron chi connectivity index (χ0n) is 22.4. The van der Waals surface area contributed by atoms with E-state index in [9.17, 15) is 9.59 Å². The molecule has 1 fully saturated rings. The summed E-state index contributed by atoms with van der Waals surface area (Å²) in [6.45, 7) is 7.50. The first-order chi connectivity index (χ1) is 18.5. The maximum Gasteiger partial charge on any atom is 0.315 e. The summed E-state index contributed by atoms with van der Waals surface area (Å²) < 4.78 is 27.6. The van der Waals surface area contributed by atoms with E-state index in [-0.39, 0.29) is 35.0 Å². The van der Waals surface area contributed by atoms with E-state index in [1.807, 2.05) is 23.1 Å². The monoisotopic (exact) mass is 554 g/mol. The number of nitrogens with two attached hydrogens (primary N) is 1. The van der Waals surface area contributed by atoms with Crippen LogP contribution in [0.3, 0.4) is 0 Å². The highest BCUT2D eigenvalue weighted by molar-refractivity contribution is 8.00. The Morgan fingerprint density at radius 2 is 1.74 bits per heavy atom. The van der Waals surface area contributed by atoms with Crippen molar-refractivity contribution in [1.29, 1.82) is 0 Å². The van der Waals surface area contributed by atoms with E-state index in [1.54, 1.807) is 7.11 Å². The molecule has 38 heavy (non-hydrogen) atoms. The zero-order chi connectivity index (χ0) is 27.2. The summed E-state index contributed by atoms with van der Waals surface area (Å²) in [5, 5.41) is 5.60. The largest absolute Gasteiger partial charge is 0.497 e. The Bertz CT molecular complexity index is 878. The molecule has 3 amide bonds. The summed E-state index contributed by atoms with van der Waals surface area (Å²) in [6, 6.07) is 5.70. The third-order valence-corrected chi connectivity index (χ3v) is 7.78. The zero-order valence-corrected chi connectivity index (χ0v) is 23.3. The van der Waals surface area contributed by atoms with Crippen LogP contribution in [0, 0.1) is 5.92 Å². The standard InChI is InChI=1S/C26H42N4O7S/c1-19-15-28-26(32)29-25(19)38-18-24(31)30-16-20-3-4-23(33-2)14-21(20)13-22(30)17-37-12-11-36-10-9-35-8-7-34-6-5-27/h3-4,14,19,22,25H,5-13,15-18,27H2,1-2H3,(H2,28,29,32)/t19?,22-,25?/m1/s1. The van der Waals surface area contributed by atoms with Crippen molar-refractivity contribution >= 4 is 23.7 Å². The molecule has 11 nitrogen and oxygen atoms in total. The number of nitrogens with zero attached hydrogens (tertiary/aromatic N) is 1. The number of fused-ring (bicyclic) bond motifs is 1. The molecule has 1 aromatic rings. The number of methoxy groups -OCH3 is 1. The second kappa shape index (κ2) is 16.8. The number of nitrogens with one attached hydrogen (secondary N) is 2. The molecule has 2 aliphatic rings. The number of urea groups is 1. The first-order valence-electron chi connectivity index (χ1n) is 13.1. The van der Waals surface area contributed by atoms with Gasteiger partial charge in [-0.05, 0) is 29.7 Å². The van der Waals surface area contributed by atoms with Crippen LogP contribution in [0.5, 0.6) is 5.75 Å². The van der Waals surface area contributed by atoms with Gasteiger partial charge in [0, 0.05) is 25.6 Å². The highest BCUT2D eigenvalue weighted by atomic mass is 32.2. The molecule has 2 aliphatic heterocycles. The van der Waals surface area contributed by atoms with Gasteiger partial charge in [0.2, 0.25) is 5.91 Å². The average Bonchev–Trinajstić information content (AvgIpc) is 2.93. The third-order valence-electron chi connectivity index (χ3n) is 6.42. The van der Waals surface area contributed by atoms with E-state index >= 15 is 0 Å².